The molecule has 1 saturated heterocycles. The minimum absolute atomic E-state index is 0.352. The zero-order chi connectivity index (χ0) is 21.1. The number of rotatable bonds is 5. The van der Waals surface area contributed by atoms with Crippen LogP contribution in [0.4, 0.5) is 17.3 Å². The first-order valence-corrected chi connectivity index (χ1v) is 11.2. The van der Waals surface area contributed by atoms with Crippen molar-refractivity contribution in [1.29, 1.82) is 0 Å². The van der Waals surface area contributed by atoms with Gasteiger partial charge in [-0.1, -0.05) is 6.07 Å². The lowest BCUT2D eigenvalue weighted by Crippen LogP contribution is -2.49. The molecule has 0 unspecified atom stereocenters. The molecule has 8 nitrogen and oxygen atoms in total. The van der Waals surface area contributed by atoms with Gasteiger partial charge in [0.15, 0.2) is 11.6 Å². The molecule has 2 aromatic heterocycles. The summed E-state index contributed by atoms with van der Waals surface area (Å²) in [5.74, 6) is 1.37. The Hall–Kier alpha value is -3.04. The monoisotopic (exact) mass is 424 g/mol. The number of piperazine rings is 1. The number of nitrogens with one attached hydrogen (secondary N) is 1. The van der Waals surface area contributed by atoms with Gasteiger partial charge < -0.3 is 10.2 Å². The van der Waals surface area contributed by atoms with Crippen molar-refractivity contribution in [2.75, 3.05) is 36.4 Å². The van der Waals surface area contributed by atoms with Crippen LogP contribution in [0.25, 0.3) is 0 Å². The van der Waals surface area contributed by atoms with E-state index in [-0.39, 0.29) is 0 Å². The van der Waals surface area contributed by atoms with Crippen LogP contribution in [-0.4, -0.2) is 54.1 Å². The Labute approximate surface area is 176 Å². The second-order valence-corrected chi connectivity index (χ2v) is 9.21. The fourth-order valence-electron chi connectivity index (χ4n) is 3.32. The fourth-order valence-corrected chi connectivity index (χ4v) is 4.83. The van der Waals surface area contributed by atoms with Gasteiger partial charge in [-0.25, -0.2) is 8.42 Å². The van der Waals surface area contributed by atoms with E-state index in [0.29, 0.717) is 36.9 Å². The van der Waals surface area contributed by atoms with E-state index in [9.17, 15) is 8.42 Å². The van der Waals surface area contributed by atoms with Crippen molar-refractivity contribution in [3.05, 3.63) is 66.0 Å². The largest absolute Gasteiger partial charge is 0.352 e. The summed E-state index contributed by atoms with van der Waals surface area (Å²) in [5.41, 5.74) is 2.95. The number of hydrogen-bond acceptors (Lipinski definition) is 7. The van der Waals surface area contributed by atoms with Crippen molar-refractivity contribution in [1.82, 2.24) is 19.5 Å². The predicted octanol–water partition coefficient (Wildman–Crippen LogP) is 2.74. The lowest BCUT2D eigenvalue weighted by Gasteiger charge is -2.34. The molecule has 156 valence electrons. The zero-order valence-corrected chi connectivity index (χ0v) is 17.8. The van der Waals surface area contributed by atoms with Crippen LogP contribution in [0.5, 0.6) is 0 Å². The molecule has 0 atom stereocenters. The maximum absolute atomic E-state index is 13.0. The number of nitrogens with zero attached hydrogens (tertiary/aromatic N) is 5. The highest BCUT2D eigenvalue weighted by molar-refractivity contribution is 7.89. The van der Waals surface area contributed by atoms with E-state index in [1.165, 1.54) is 0 Å². The van der Waals surface area contributed by atoms with Crippen LogP contribution in [0, 0.1) is 13.8 Å². The molecule has 0 spiro atoms. The average molecular weight is 425 g/mol. The van der Waals surface area contributed by atoms with Gasteiger partial charge in [-0.3, -0.25) is 4.98 Å². The summed E-state index contributed by atoms with van der Waals surface area (Å²) in [5, 5.41) is 11.7. The minimum Gasteiger partial charge on any atom is -0.352 e. The Balaban J connectivity index is 1.40. The first kappa shape index (κ1) is 20.2. The smallest absolute Gasteiger partial charge is 0.243 e. The van der Waals surface area contributed by atoms with E-state index >= 15 is 0 Å². The molecule has 4 rings (SSSR count). The van der Waals surface area contributed by atoms with Gasteiger partial charge in [-0.15, -0.1) is 10.2 Å². The summed E-state index contributed by atoms with van der Waals surface area (Å²) < 4.78 is 27.5. The van der Waals surface area contributed by atoms with Crippen molar-refractivity contribution >= 4 is 27.3 Å². The topological polar surface area (TPSA) is 91.3 Å². The molecule has 0 bridgehead atoms. The predicted molar refractivity (Wildman–Crippen MR) is 116 cm³/mol. The summed E-state index contributed by atoms with van der Waals surface area (Å²) in [6, 6.07) is 12.7. The van der Waals surface area contributed by atoms with Gasteiger partial charge in [0.1, 0.15) is 0 Å². The molecular weight excluding hydrogens is 400 g/mol. The van der Waals surface area contributed by atoms with Crippen molar-refractivity contribution in [2.24, 2.45) is 0 Å². The van der Waals surface area contributed by atoms with Gasteiger partial charge in [0.2, 0.25) is 10.0 Å². The van der Waals surface area contributed by atoms with Crippen molar-refractivity contribution in [3.63, 3.8) is 0 Å². The van der Waals surface area contributed by atoms with E-state index in [4.69, 9.17) is 0 Å². The number of benzene rings is 1. The lowest BCUT2D eigenvalue weighted by molar-refractivity contribution is 0.383. The molecule has 3 aromatic rings. The molecule has 0 radical (unpaired) electrons. The number of sulfonamides is 1. The second kappa shape index (κ2) is 8.37. The third-order valence-corrected chi connectivity index (χ3v) is 7.18. The third kappa shape index (κ3) is 4.27. The molecule has 1 N–H and O–H groups in total. The Bertz CT molecular complexity index is 1110. The molecule has 3 heterocycles. The third-order valence-electron chi connectivity index (χ3n) is 5.28. The van der Waals surface area contributed by atoms with Crippen LogP contribution in [0.15, 0.2) is 59.8 Å². The van der Waals surface area contributed by atoms with Crippen LogP contribution in [0.2, 0.25) is 0 Å². The van der Waals surface area contributed by atoms with Crippen LogP contribution < -0.4 is 10.2 Å². The summed E-state index contributed by atoms with van der Waals surface area (Å²) in [6.07, 6.45) is 3.41. The van der Waals surface area contributed by atoms with Crippen molar-refractivity contribution in [3.8, 4) is 0 Å². The number of anilines is 3. The standard InChI is InChI=1S/C21H24N6O2S/c1-16-3-4-19(15-17(16)2)30(28,29)27-13-11-26(12-14-27)21-6-5-20(24-25-21)23-18-7-9-22-10-8-18/h3-10,15H,11-14H2,1-2H3,(H,22,23,24). The Morgan fingerprint density at radius 1 is 0.867 bits per heavy atom. The van der Waals surface area contributed by atoms with Gasteiger partial charge in [-0.2, -0.15) is 4.31 Å². The second-order valence-electron chi connectivity index (χ2n) is 7.27. The van der Waals surface area contributed by atoms with Crippen LogP contribution in [0.3, 0.4) is 0 Å². The summed E-state index contributed by atoms with van der Waals surface area (Å²) in [4.78, 5) is 6.39. The molecule has 0 saturated carbocycles. The zero-order valence-electron chi connectivity index (χ0n) is 17.0. The quantitative estimate of drug-likeness (QED) is 0.673. The Morgan fingerprint density at radius 2 is 1.60 bits per heavy atom. The van der Waals surface area contributed by atoms with Crippen LogP contribution >= 0.6 is 0 Å². The van der Waals surface area contributed by atoms with E-state index < -0.39 is 10.0 Å². The molecule has 30 heavy (non-hydrogen) atoms. The summed E-state index contributed by atoms with van der Waals surface area (Å²) in [7, 11) is -3.49. The number of pyridine rings is 1. The highest BCUT2D eigenvalue weighted by Gasteiger charge is 2.29. The Kier molecular flexibility index (Phi) is 5.65. The van der Waals surface area contributed by atoms with Gasteiger partial charge >= 0.3 is 0 Å². The van der Waals surface area contributed by atoms with Crippen LogP contribution in [-0.2, 0) is 10.0 Å². The lowest BCUT2D eigenvalue weighted by atomic mass is 10.1. The van der Waals surface area contributed by atoms with E-state index in [1.54, 1.807) is 28.8 Å². The van der Waals surface area contributed by atoms with Gasteiger partial charge in [0.05, 0.1) is 4.90 Å². The van der Waals surface area contributed by atoms with Gasteiger partial charge in [-0.05, 0) is 61.4 Å². The number of aryl methyl sites for hydroxylation is 2. The maximum atomic E-state index is 13.0. The molecule has 0 aliphatic carbocycles. The van der Waals surface area contributed by atoms with E-state index in [0.717, 1.165) is 22.6 Å². The SMILES string of the molecule is Cc1ccc(S(=O)(=O)N2CCN(c3ccc(Nc4ccncc4)nn3)CC2)cc1C. The Morgan fingerprint density at radius 3 is 2.23 bits per heavy atom. The van der Waals surface area contributed by atoms with Gasteiger partial charge in [0.25, 0.3) is 0 Å². The molecule has 0 amide bonds. The van der Waals surface area contributed by atoms with E-state index in [2.05, 4.69) is 25.4 Å². The van der Waals surface area contributed by atoms with Crippen molar-refractivity contribution in [2.45, 2.75) is 18.7 Å². The van der Waals surface area contributed by atoms with Crippen molar-refractivity contribution < 1.29 is 8.42 Å². The minimum atomic E-state index is -3.49. The molecule has 9 heteroatoms. The average Bonchev–Trinajstić information content (AvgIpc) is 2.77. The fraction of sp³-hybridized carbons (Fsp3) is 0.286. The number of aromatic nitrogens is 3. The molecule has 1 fully saturated rings. The summed E-state index contributed by atoms with van der Waals surface area (Å²) in [6.45, 7) is 5.86. The first-order chi connectivity index (χ1) is 14.4. The number of hydrogen-bond donors (Lipinski definition) is 1. The first-order valence-electron chi connectivity index (χ1n) is 9.76. The van der Waals surface area contributed by atoms with Crippen LogP contribution in [0.1, 0.15) is 11.1 Å². The molecular formula is C21H24N6O2S. The maximum Gasteiger partial charge on any atom is 0.243 e. The normalized spacial score (nSPS) is 15.2. The summed E-state index contributed by atoms with van der Waals surface area (Å²) >= 11 is 0. The van der Waals surface area contributed by atoms with Gasteiger partial charge in [0, 0.05) is 44.3 Å². The molecule has 1 aliphatic heterocycles. The molecule has 1 aromatic carbocycles. The highest BCUT2D eigenvalue weighted by atomic mass is 32.2. The van der Waals surface area contributed by atoms with E-state index in [1.807, 2.05) is 44.2 Å². The molecule has 1 aliphatic rings. The highest BCUT2D eigenvalue weighted by Crippen LogP contribution is 2.22.